The summed E-state index contributed by atoms with van der Waals surface area (Å²) in [6, 6.07) is 11.4. The average Bonchev–Trinajstić information content (AvgIpc) is 2.83. The summed E-state index contributed by atoms with van der Waals surface area (Å²) >= 11 is 0. The van der Waals surface area contributed by atoms with Crippen molar-refractivity contribution in [1.29, 1.82) is 0 Å². The molecule has 2 aromatic carbocycles. The van der Waals surface area contributed by atoms with Gasteiger partial charge in [-0.05, 0) is 36.2 Å². The number of anilines is 4. The molecule has 11 nitrogen and oxygen atoms in total. The highest BCUT2D eigenvalue weighted by Crippen LogP contribution is 2.34. The van der Waals surface area contributed by atoms with Crippen molar-refractivity contribution in [2.45, 2.75) is 13.3 Å². The maximum absolute atomic E-state index is 12.0. The number of nitrogens with zero attached hydrogens (tertiary/aromatic N) is 3. The Morgan fingerprint density at radius 1 is 0.970 bits per heavy atom. The lowest BCUT2D eigenvalue weighted by atomic mass is 10.1. The lowest BCUT2D eigenvalue weighted by Gasteiger charge is -2.13. The maximum atomic E-state index is 12.0. The van der Waals surface area contributed by atoms with E-state index in [4.69, 9.17) is 9.47 Å². The molecule has 0 aliphatic rings. The van der Waals surface area contributed by atoms with Gasteiger partial charge in [-0.3, -0.25) is 10.1 Å². The second-order valence-corrected chi connectivity index (χ2v) is 6.72. The Bertz CT molecular complexity index is 1180. The van der Waals surface area contributed by atoms with E-state index in [0.29, 0.717) is 12.1 Å². The molecule has 11 heteroatoms. The van der Waals surface area contributed by atoms with E-state index < -0.39 is 22.5 Å². The largest absolute Gasteiger partial charge is 0.465 e. The van der Waals surface area contributed by atoms with Crippen molar-refractivity contribution in [2.75, 3.05) is 24.9 Å². The number of carbonyl (C=O) groups excluding carboxylic acids is 2. The third-order valence-corrected chi connectivity index (χ3v) is 4.69. The van der Waals surface area contributed by atoms with Gasteiger partial charge in [0.1, 0.15) is 6.33 Å². The zero-order chi connectivity index (χ0) is 24.0. The summed E-state index contributed by atoms with van der Waals surface area (Å²) in [6.45, 7) is 1.97. The standard InChI is InChI=1S/C22H21N5O6/c1-4-13-7-5-6-8-17(13)26-20-18(27(30)31)19(23-12-24-20)25-16-10-14(21(28)32-2)9-15(11-16)22(29)33-3/h5-12H,4H2,1-3H3,(H2,23,24,25,26). The van der Waals surface area contributed by atoms with Crippen LogP contribution in [0.25, 0.3) is 0 Å². The first-order valence-electron chi connectivity index (χ1n) is 9.81. The summed E-state index contributed by atoms with van der Waals surface area (Å²) in [5, 5.41) is 17.7. The molecule has 170 valence electrons. The Labute approximate surface area is 188 Å². The highest BCUT2D eigenvalue weighted by molar-refractivity contribution is 5.97. The van der Waals surface area contributed by atoms with Gasteiger partial charge in [0.25, 0.3) is 0 Å². The molecule has 0 unspecified atom stereocenters. The van der Waals surface area contributed by atoms with Crippen LogP contribution in [0.5, 0.6) is 0 Å². The predicted molar refractivity (Wildman–Crippen MR) is 120 cm³/mol. The minimum absolute atomic E-state index is 0.0179. The number of nitro groups is 1. The van der Waals surface area contributed by atoms with E-state index in [-0.39, 0.29) is 28.5 Å². The van der Waals surface area contributed by atoms with E-state index in [2.05, 4.69) is 20.6 Å². The van der Waals surface area contributed by atoms with E-state index in [0.717, 1.165) is 11.9 Å². The maximum Gasteiger partial charge on any atom is 0.353 e. The third kappa shape index (κ3) is 5.21. The molecule has 3 aromatic rings. The fourth-order valence-electron chi connectivity index (χ4n) is 3.12. The number of methoxy groups -OCH3 is 2. The number of hydrogen-bond acceptors (Lipinski definition) is 10. The Morgan fingerprint density at radius 3 is 2.09 bits per heavy atom. The van der Waals surface area contributed by atoms with Crippen molar-refractivity contribution in [3.8, 4) is 0 Å². The van der Waals surface area contributed by atoms with Gasteiger partial charge in [0, 0.05) is 11.4 Å². The van der Waals surface area contributed by atoms with Crippen LogP contribution in [-0.4, -0.2) is 41.0 Å². The van der Waals surface area contributed by atoms with Crippen LogP contribution in [0.4, 0.5) is 28.7 Å². The van der Waals surface area contributed by atoms with Crippen molar-refractivity contribution in [3.05, 3.63) is 75.6 Å². The van der Waals surface area contributed by atoms with Gasteiger partial charge in [-0.25, -0.2) is 19.6 Å². The number of ether oxygens (including phenoxy) is 2. The van der Waals surface area contributed by atoms with Crippen LogP contribution >= 0.6 is 0 Å². The number of benzene rings is 2. The molecule has 0 fully saturated rings. The van der Waals surface area contributed by atoms with E-state index in [1.54, 1.807) is 12.1 Å². The summed E-state index contributed by atoms with van der Waals surface area (Å²) in [5.41, 5.74) is 1.51. The highest BCUT2D eigenvalue weighted by Gasteiger charge is 2.24. The molecule has 0 amide bonds. The lowest BCUT2D eigenvalue weighted by Crippen LogP contribution is -2.09. The van der Waals surface area contributed by atoms with Gasteiger partial charge in [-0.2, -0.15) is 0 Å². The summed E-state index contributed by atoms with van der Waals surface area (Å²) in [5.74, 6) is -1.54. The van der Waals surface area contributed by atoms with Gasteiger partial charge in [0.05, 0.1) is 30.3 Å². The molecule has 33 heavy (non-hydrogen) atoms. The third-order valence-electron chi connectivity index (χ3n) is 4.69. The number of aryl methyl sites for hydroxylation is 1. The number of hydrogen-bond donors (Lipinski definition) is 2. The quantitative estimate of drug-likeness (QED) is 0.293. The summed E-state index contributed by atoms with van der Waals surface area (Å²) < 4.78 is 9.43. The molecular formula is C22H21N5O6. The first-order chi connectivity index (χ1) is 15.9. The molecule has 0 saturated carbocycles. The first kappa shape index (κ1) is 23.1. The average molecular weight is 451 g/mol. The first-order valence-corrected chi connectivity index (χ1v) is 9.81. The van der Waals surface area contributed by atoms with Gasteiger partial charge in [-0.1, -0.05) is 25.1 Å². The molecule has 2 N–H and O–H groups in total. The monoisotopic (exact) mass is 451 g/mol. The topological polar surface area (TPSA) is 146 Å². The Balaban J connectivity index is 2.05. The van der Waals surface area contributed by atoms with E-state index in [1.165, 1.54) is 32.4 Å². The van der Waals surface area contributed by atoms with Gasteiger partial charge < -0.3 is 20.1 Å². The molecule has 0 atom stereocenters. The normalized spacial score (nSPS) is 10.3. The minimum atomic E-state index is -0.695. The van der Waals surface area contributed by atoms with Crippen molar-refractivity contribution in [1.82, 2.24) is 9.97 Å². The minimum Gasteiger partial charge on any atom is -0.465 e. The SMILES string of the molecule is CCc1ccccc1Nc1ncnc(Nc2cc(C(=O)OC)cc(C(=O)OC)c2)c1[N+](=O)[O-]. The molecule has 0 spiro atoms. The smallest absolute Gasteiger partial charge is 0.353 e. The van der Waals surface area contributed by atoms with Gasteiger partial charge in [-0.15, -0.1) is 0 Å². The summed E-state index contributed by atoms with van der Waals surface area (Å²) in [4.78, 5) is 43.4. The van der Waals surface area contributed by atoms with Crippen molar-refractivity contribution in [3.63, 3.8) is 0 Å². The second-order valence-electron chi connectivity index (χ2n) is 6.72. The molecule has 0 bridgehead atoms. The molecule has 0 aliphatic carbocycles. The number of esters is 2. The lowest BCUT2D eigenvalue weighted by molar-refractivity contribution is -0.383. The Morgan fingerprint density at radius 2 is 1.55 bits per heavy atom. The van der Waals surface area contributed by atoms with Crippen molar-refractivity contribution in [2.24, 2.45) is 0 Å². The predicted octanol–water partition coefficient (Wildman–Crippen LogP) is 4.01. The van der Waals surface area contributed by atoms with Gasteiger partial charge in [0.15, 0.2) is 0 Å². The van der Waals surface area contributed by atoms with Crippen LogP contribution < -0.4 is 10.6 Å². The number of aromatic nitrogens is 2. The van der Waals surface area contributed by atoms with Crippen LogP contribution in [0.2, 0.25) is 0 Å². The number of nitrogens with one attached hydrogen (secondary N) is 2. The highest BCUT2D eigenvalue weighted by atomic mass is 16.6. The second kappa shape index (κ2) is 10.2. The fourth-order valence-corrected chi connectivity index (χ4v) is 3.12. The van der Waals surface area contributed by atoms with E-state index >= 15 is 0 Å². The molecular weight excluding hydrogens is 430 g/mol. The molecule has 1 heterocycles. The zero-order valence-electron chi connectivity index (χ0n) is 18.1. The van der Waals surface area contributed by atoms with Crippen LogP contribution in [0.3, 0.4) is 0 Å². The van der Waals surface area contributed by atoms with Crippen LogP contribution in [0.1, 0.15) is 33.2 Å². The van der Waals surface area contributed by atoms with E-state index in [1.807, 2.05) is 19.1 Å². The molecule has 0 aliphatic heterocycles. The fraction of sp³-hybridized carbons (Fsp3) is 0.182. The van der Waals surface area contributed by atoms with Crippen molar-refractivity contribution < 1.29 is 24.0 Å². The zero-order valence-corrected chi connectivity index (χ0v) is 18.1. The van der Waals surface area contributed by atoms with Gasteiger partial charge in [0.2, 0.25) is 11.6 Å². The van der Waals surface area contributed by atoms with Crippen molar-refractivity contribution >= 4 is 40.6 Å². The number of rotatable bonds is 8. The molecule has 1 aromatic heterocycles. The molecule has 3 rings (SSSR count). The van der Waals surface area contributed by atoms with E-state index in [9.17, 15) is 19.7 Å². The van der Waals surface area contributed by atoms with Crippen LogP contribution in [-0.2, 0) is 15.9 Å². The van der Waals surface area contributed by atoms with Crippen LogP contribution in [0, 0.1) is 10.1 Å². The Hall–Kier alpha value is -4.54. The summed E-state index contributed by atoms with van der Waals surface area (Å²) in [6.07, 6.45) is 1.88. The molecule has 0 saturated heterocycles. The Kier molecular flexibility index (Phi) is 7.13. The van der Waals surface area contributed by atoms with Crippen LogP contribution in [0.15, 0.2) is 48.8 Å². The molecule has 0 radical (unpaired) electrons. The number of para-hydroxylation sites is 1. The van der Waals surface area contributed by atoms with Gasteiger partial charge >= 0.3 is 17.6 Å². The summed E-state index contributed by atoms with van der Waals surface area (Å²) in [7, 11) is 2.39. The number of carbonyl (C=O) groups is 2.